The third kappa shape index (κ3) is 4.59. The molecule has 23 heavy (non-hydrogen) atoms. The maximum Gasteiger partial charge on any atom is 0.148 e. The number of hydrogen-bond donors (Lipinski definition) is 2. The van der Waals surface area contributed by atoms with Crippen molar-refractivity contribution in [1.29, 1.82) is 0 Å². The van der Waals surface area contributed by atoms with Crippen molar-refractivity contribution in [3.63, 3.8) is 0 Å². The Labute approximate surface area is 137 Å². The van der Waals surface area contributed by atoms with Crippen LogP contribution in [-0.2, 0) is 12.6 Å². The number of nitrogens with zero attached hydrogens (tertiary/aromatic N) is 2. The molecule has 1 heterocycles. The van der Waals surface area contributed by atoms with Crippen molar-refractivity contribution in [3.8, 4) is 18.1 Å². The van der Waals surface area contributed by atoms with Crippen molar-refractivity contribution in [2.24, 2.45) is 7.05 Å². The molecule has 0 aliphatic carbocycles. The van der Waals surface area contributed by atoms with Gasteiger partial charge in [-0.3, -0.25) is 4.68 Å². The van der Waals surface area contributed by atoms with E-state index in [-0.39, 0.29) is 12.6 Å². The molecule has 122 valence electrons. The maximum absolute atomic E-state index is 10.6. The SMILES string of the molecule is C#CCOc1ccc(C(C)NCC(C)(O)c2cnn(C)c2)cc1. The lowest BCUT2D eigenvalue weighted by Crippen LogP contribution is -2.36. The van der Waals surface area contributed by atoms with Crippen molar-refractivity contribution >= 4 is 0 Å². The molecular formula is C18H23N3O2. The second-order valence-corrected chi connectivity index (χ2v) is 5.84. The number of aliphatic hydroxyl groups is 1. The third-order valence-corrected chi connectivity index (χ3v) is 3.78. The highest BCUT2D eigenvalue weighted by Crippen LogP contribution is 2.22. The monoisotopic (exact) mass is 313 g/mol. The van der Waals surface area contributed by atoms with Gasteiger partial charge in [0.1, 0.15) is 18.0 Å². The Bertz CT molecular complexity index is 668. The molecule has 5 heteroatoms. The van der Waals surface area contributed by atoms with Gasteiger partial charge in [-0.2, -0.15) is 5.10 Å². The number of rotatable bonds is 7. The second-order valence-electron chi connectivity index (χ2n) is 5.84. The standard InChI is InChI=1S/C18H23N3O2/c1-5-10-23-17-8-6-15(7-9-17)14(2)19-13-18(3,22)16-11-20-21(4)12-16/h1,6-9,11-12,14,19,22H,10,13H2,2-4H3. The number of aromatic nitrogens is 2. The molecule has 0 aliphatic rings. The smallest absolute Gasteiger partial charge is 0.148 e. The largest absolute Gasteiger partial charge is 0.481 e. The van der Waals surface area contributed by atoms with Gasteiger partial charge in [-0.05, 0) is 31.5 Å². The minimum atomic E-state index is -0.974. The molecule has 1 aromatic heterocycles. The fourth-order valence-electron chi connectivity index (χ4n) is 2.25. The predicted molar refractivity (Wildman–Crippen MR) is 90.0 cm³/mol. The summed E-state index contributed by atoms with van der Waals surface area (Å²) in [6, 6.07) is 7.86. The van der Waals surface area contributed by atoms with Gasteiger partial charge >= 0.3 is 0 Å². The number of terminal acetylenes is 1. The molecule has 1 aromatic carbocycles. The lowest BCUT2D eigenvalue weighted by molar-refractivity contribution is 0.0543. The first-order valence-electron chi connectivity index (χ1n) is 7.53. The molecule has 0 fully saturated rings. The third-order valence-electron chi connectivity index (χ3n) is 3.78. The Morgan fingerprint density at radius 1 is 1.43 bits per heavy atom. The summed E-state index contributed by atoms with van der Waals surface area (Å²) in [6.45, 7) is 4.52. The van der Waals surface area contributed by atoms with Crippen LogP contribution in [0.5, 0.6) is 5.75 Å². The van der Waals surface area contributed by atoms with E-state index < -0.39 is 5.60 Å². The van der Waals surface area contributed by atoms with Gasteiger partial charge in [0.05, 0.1) is 6.20 Å². The number of ether oxygens (including phenoxy) is 1. The van der Waals surface area contributed by atoms with Crippen LogP contribution in [0.2, 0.25) is 0 Å². The van der Waals surface area contributed by atoms with Crippen LogP contribution in [0.25, 0.3) is 0 Å². The van der Waals surface area contributed by atoms with Gasteiger partial charge < -0.3 is 15.2 Å². The molecule has 0 bridgehead atoms. The molecule has 0 saturated carbocycles. The van der Waals surface area contributed by atoms with E-state index >= 15 is 0 Å². The van der Waals surface area contributed by atoms with Crippen molar-refractivity contribution in [2.45, 2.75) is 25.5 Å². The summed E-state index contributed by atoms with van der Waals surface area (Å²) in [5.74, 6) is 3.19. The number of benzene rings is 1. The predicted octanol–water partition coefficient (Wildman–Crippen LogP) is 1.99. The zero-order valence-electron chi connectivity index (χ0n) is 13.8. The summed E-state index contributed by atoms with van der Waals surface area (Å²) in [4.78, 5) is 0. The number of aryl methyl sites for hydroxylation is 1. The molecule has 2 unspecified atom stereocenters. The fourth-order valence-corrected chi connectivity index (χ4v) is 2.25. The van der Waals surface area contributed by atoms with Crippen molar-refractivity contribution in [3.05, 3.63) is 47.8 Å². The summed E-state index contributed by atoms with van der Waals surface area (Å²) >= 11 is 0. The van der Waals surface area contributed by atoms with Gasteiger partial charge in [-0.15, -0.1) is 6.42 Å². The highest BCUT2D eigenvalue weighted by molar-refractivity contribution is 5.29. The Morgan fingerprint density at radius 2 is 2.13 bits per heavy atom. The molecule has 0 amide bonds. The van der Waals surface area contributed by atoms with Gasteiger partial charge in [0.15, 0.2) is 0 Å². The lowest BCUT2D eigenvalue weighted by Gasteiger charge is -2.25. The normalized spacial score (nSPS) is 14.7. The second kappa shape index (κ2) is 7.32. The van der Waals surface area contributed by atoms with E-state index in [1.165, 1.54) is 0 Å². The topological polar surface area (TPSA) is 59.3 Å². The summed E-state index contributed by atoms with van der Waals surface area (Å²) in [7, 11) is 1.83. The number of hydrogen-bond acceptors (Lipinski definition) is 4. The van der Waals surface area contributed by atoms with Crippen LogP contribution in [0.1, 0.15) is 31.0 Å². The minimum Gasteiger partial charge on any atom is -0.481 e. The van der Waals surface area contributed by atoms with E-state index in [1.807, 2.05) is 37.5 Å². The van der Waals surface area contributed by atoms with Gasteiger partial charge in [0.2, 0.25) is 0 Å². The molecular weight excluding hydrogens is 290 g/mol. The van der Waals surface area contributed by atoms with Gasteiger partial charge in [-0.1, -0.05) is 18.1 Å². The molecule has 0 aliphatic heterocycles. The van der Waals surface area contributed by atoms with Crippen molar-refractivity contribution < 1.29 is 9.84 Å². The maximum atomic E-state index is 10.6. The number of nitrogens with one attached hydrogen (secondary N) is 1. The lowest BCUT2D eigenvalue weighted by atomic mass is 9.98. The minimum absolute atomic E-state index is 0.0971. The molecule has 2 aromatic rings. The Hall–Kier alpha value is -2.29. The fraction of sp³-hybridized carbons (Fsp3) is 0.389. The van der Waals surface area contributed by atoms with E-state index in [0.717, 1.165) is 16.9 Å². The quantitative estimate of drug-likeness (QED) is 0.768. The first-order chi connectivity index (χ1) is 10.9. The zero-order valence-corrected chi connectivity index (χ0v) is 13.8. The summed E-state index contributed by atoms with van der Waals surface area (Å²) in [5.41, 5.74) is 0.927. The van der Waals surface area contributed by atoms with Crippen molar-refractivity contribution in [1.82, 2.24) is 15.1 Å². The first kappa shape index (κ1) is 17.1. The first-order valence-corrected chi connectivity index (χ1v) is 7.53. The average molecular weight is 313 g/mol. The van der Waals surface area contributed by atoms with Gasteiger partial charge in [0, 0.05) is 31.4 Å². The van der Waals surface area contributed by atoms with Crippen LogP contribution in [0.3, 0.4) is 0 Å². The van der Waals surface area contributed by atoms with E-state index in [2.05, 4.69) is 23.3 Å². The van der Waals surface area contributed by atoms with E-state index in [9.17, 15) is 5.11 Å². The highest BCUT2D eigenvalue weighted by Gasteiger charge is 2.25. The molecule has 2 rings (SSSR count). The summed E-state index contributed by atoms with van der Waals surface area (Å²) < 4.78 is 7.04. The average Bonchev–Trinajstić information content (AvgIpc) is 2.98. The van der Waals surface area contributed by atoms with Crippen LogP contribution in [0, 0.1) is 12.3 Å². The van der Waals surface area contributed by atoms with Crippen LogP contribution in [0.15, 0.2) is 36.7 Å². The van der Waals surface area contributed by atoms with Crippen LogP contribution < -0.4 is 10.1 Å². The van der Waals surface area contributed by atoms with E-state index in [4.69, 9.17) is 11.2 Å². The van der Waals surface area contributed by atoms with Gasteiger partial charge in [-0.25, -0.2) is 0 Å². The molecule has 5 nitrogen and oxygen atoms in total. The molecule has 0 radical (unpaired) electrons. The van der Waals surface area contributed by atoms with Crippen LogP contribution in [-0.4, -0.2) is 28.0 Å². The van der Waals surface area contributed by atoms with Gasteiger partial charge in [0.25, 0.3) is 0 Å². The molecule has 0 spiro atoms. The van der Waals surface area contributed by atoms with E-state index in [0.29, 0.717) is 6.54 Å². The van der Waals surface area contributed by atoms with Crippen LogP contribution in [0.4, 0.5) is 0 Å². The zero-order chi connectivity index (χ0) is 16.9. The Balaban J connectivity index is 1.93. The molecule has 0 saturated heterocycles. The molecule has 2 N–H and O–H groups in total. The summed E-state index contributed by atoms with van der Waals surface area (Å²) in [6.07, 6.45) is 8.68. The van der Waals surface area contributed by atoms with Crippen LogP contribution >= 0.6 is 0 Å². The summed E-state index contributed by atoms with van der Waals surface area (Å²) in [5, 5.41) is 18.0. The molecule has 2 atom stereocenters. The Morgan fingerprint density at radius 3 is 2.70 bits per heavy atom. The highest BCUT2D eigenvalue weighted by atomic mass is 16.5. The Kier molecular flexibility index (Phi) is 5.43. The van der Waals surface area contributed by atoms with E-state index in [1.54, 1.807) is 17.8 Å². The van der Waals surface area contributed by atoms with Crippen molar-refractivity contribution in [2.75, 3.05) is 13.2 Å².